The number of esters is 2. The first kappa shape index (κ1) is 39.2. The van der Waals surface area contributed by atoms with Crippen LogP contribution in [0.3, 0.4) is 0 Å². The molecule has 0 bridgehead atoms. The molecule has 0 radical (unpaired) electrons. The molecule has 1 aliphatic rings. The molecule has 10 heteroatoms. The fourth-order valence-electron chi connectivity index (χ4n) is 6.46. The summed E-state index contributed by atoms with van der Waals surface area (Å²) >= 11 is 0. The third-order valence-corrected chi connectivity index (χ3v) is 9.25. The Bertz CT molecular complexity index is 1520. The fraction of sp³-hybridized carbons (Fsp3) is 0.512. The summed E-state index contributed by atoms with van der Waals surface area (Å²) in [5, 5.41) is 21.8. The lowest BCUT2D eigenvalue weighted by Crippen LogP contribution is -2.34. The molecule has 2 N–H and O–H groups in total. The highest BCUT2D eigenvalue weighted by molar-refractivity contribution is 5.91. The van der Waals surface area contributed by atoms with Crippen molar-refractivity contribution in [2.45, 2.75) is 115 Å². The lowest BCUT2D eigenvalue weighted by Gasteiger charge is -2.33. The standard InChI is InChI=1S/C41H54O10/c1-5-6-7-8-9-10-11-12-13-14-15-16-17-22-37(44)51-39-31(42)23-29(24-32(39)43)38-36(25-28-20-18-19-21-33(28)49-38)50-41(45)30-26-34(46-2)40(48-4)35(27-30)47-3/h18-21,23-24,26-27,36,38,42-43H,5-17,22,25H2,1-4H3/t36-,38-/m1/s1. The predicted molar refractivity (Wildman–Crippen MR) is 195 cm³/mol. The second kappa shape index (κ2) is 20.3. The van der Waals surface area contributed by atoms with Gasteiger partial charge in [0.25, 0.3) is 0 Å². The average molecular weight is 707 g/mol. The average Bonchev–Trinajstić information content (AvgIpc) is 3.13. The number of ether oxygens (including phenoxy) is 6. The van der Waals surface area contributed by atoms with Gasteiger partial charge in [0.05, 0.1) is 26.9 Å². The zero-order chi connectivity index (χ0) is 36.6. The SMILES string of the molecule is CCCCCCCCCCCCCCCC(=O)Oc1c(O)cc([C@H]2Oc3ccccc3C[C@H]2OC(=O)c2cc(OC)c(OC)c(OC)c2)cc1O. The Balaban J connectivity index is 1.35. The lowest BCUT2D eigenvalue weighted by molar-refractivity contribution is -0.134. The van der Waals surface area contributed by atoms with Crippen molar-refractivity contribution in [1.29, 1.82) is 0 Å². The topological polar surface area (TPSA) is 130 Å². The maximum atomic E-state index is 13.5. The van der Waals surface area contributed by atoms with E-state index >= 15 is 0 Å². The summed E-state index contributed by atoms with van der Waals surface area (Å²) in [6.45, 7) is 2.24. The van der Waals surface area contributed by atoms with Gasteiger partial charge >= 0.3 is 11.9 Å². The molecule has 0 aliphatic carbocycles. The minimum Gasteiger partial charge on any atom is -0.504 e. The van der Waals surface area contributed by atoms with Crippen molar-refractivity contribution in [3.63, 3.8) is 0 Å². The van der Waals surface area contributed by atoms with Gasteiger partial charge in [0.2, 0.25) is 11.5 Å². The third-order valence-electron chi connectivity index (χ3n) is 9.25. The summed E-state index contributed by atoms with van der Waals surface area (Å²) in [5.74, 6) is -0.882. The van der Waals surface area contributed by atoms with Crippen LogP contribution >= 0.6 is 0 Å². The van der Waals surface area contributed by atoms with E-state index in [1.807, 2.05) is 18.2 Å². The number of methoxy groups -OCH3 is 3. The molecular formula is C41H54O10. The number of fused-ring (bicyclic) bond motifs is 1. The van der Waals surface area contributed by atoms with Gasteiger partial charge in [0.15, 0.2) is 29.1 Å². The molecule has 3 aromatic carbocycles. The number of benzene rings is 3. The maximum Gasteiger partial charge on any atom is 0.338 e. The van der Waals surface area contributed by atoms with Gasteiger partial charge in [-0.25, -0.2) is 4.79 Å². The Morgan fingerprint density at radius 3 is 1.82 bits per heavy atom. The van der Waals surface area contributed by atoms with E-state index < -0.39 is 35.6 Å². The quantitative estimate of drug-likeness (QED) is 0.0628. The highest BCUT2D eigenvalue weighted by atomic mass is 16.6. The van der Waals surface area contributed by atoms with Crippen LogP contribution < -0.4 is 23.7 Å². The van der Waals surface area contributed by atoms with Gasteiger partial charge < -0.3 is 38.6 Å². The second-order valence-electron chi connectivity index (χ2n) is 13.1. The molecule has 1 heterocycles. The van der Waals surface area contributed by atoms with Crippen molar-refractivity contribution >= 4 is 11.9 Å². The number of phenols is 2. The number of para-hydroxylation sites is 1. The molecule has 4 rings (SSSR count). The van der Waals surface area contributed by atoms with E-state index in [0.717, 1.165) is 24.8 Å². The van der Waals surface area contributed by atoms with Crippen molar-refractivity contribution in [3.05, 3.63) is 65.2 Å². The second-order valence-corrected chi connectivity index (χ2v) is 13.1. The lowest BCUT2D eigenvalue weighted by atomic mass is 9.94. The molecular weight excluding hydrogens is 652 g/mol. The van der Waals surface area contributed by atoms with E-state index in [9.17, 15) is 19.8 Å². The molecule has 0 unspecified atom stereocenters. The van der Waals surface area contributed by atoms with Crippen LogP contribution in [0.4, 0.5) is 0 Å². The predicted octanol–water partition coefficient (Wildman–Crippen LogP) is 9.41. The Kier molecular flexibility index (Phi) is 15.6. The molecule has 3 aromatic rings. The summed E-state index contributed by atoms with van der Waals surface area (Å²) in [6, 6.07) is 13.1. The Morgan fingerprint density at radius 1 is 0.725 bits per heavy atom. The van der Waals surface area contributed by atoms with Crippen molar-refractivity contribution in [2.75, 3.05) is 21.3 Å². The van der Waals surface area contributed by atoms with Crippen LogP contribution in [-0.4, -0.2) is 49.6 Å². The van der Waals surface area contributed by atoms with E-state index in [1.165, 1.54) is 103 Å². The third kappa shape index (κ3) is 11.2. The molecule has 0 fully saturated rings. The fourth-order valence-corrected chi connectivity index (χ4v) is 6.46. The van der Waals surface area contributed by atoms with E-state index in [4.69, 9.17) is 28.4 Å². The van der Waals surface area contributed by atoms with Crippen LogP contribution in [0, 0.1) is 0 Å². The number of carbonyl (C=O) groups excluding carboxylic acids is 2. The van der Waals surface area contributed by atoms with Crippen LogP contribution in [0.2, 0.25) is 0 Å². The van der Waals surface area contributed by atoms with Crippen LogP contribution in [0.15, 0.2) is 48.5 Å². The highest BCUT2D eigenvalue weighted by Crippen LogP contribution is 2.44. The molecule has 10 nitrogen and oxygen atoms in total. The van der Waals surface area contributed by atoms with Gasteiger partial charge in [-0.2, -0.15) is 0 Å². The van der Waals surface area contributed by atoms with Gasteiger partial charge in [0, 0.05) is 18.4 Å². The summed E-state index contributed by atoms with van der Waals surface area (Å²) < 4.78 is 33.8. The van der Waals surface area contributed by atoms with Gasteiger partial charge in [-0.1, -0.05) is 102 Å². The molecule has 0 saturated carbocycles. The van der Waals surface area contributed by atoms with Crippen LogP contribution in [0.25, 0.3) is 0 Å². The normalized spacial score (nSPS) is 15.0. The van der Waals surface area contributed by atoms with Gasteiger partial charge in [-0.3, -0.25) is 4.79 Å². The van der Waals surface area contributed by atoms with Crippen LogP contribution in [-0.2, 0) is 16.0 Å². The first-order chi connectivity index (χ1) is 24.8. The number of hydrogen-bond acceptors (Lipinski definition) is 10. The van der Waals surface area contributed by atoms with Crippen molar-refractivity contribution in [3.8, 4) is 40.2 Å². The Hall–Kier alpha value is -4.60. The van der Waals surface area contributed by atoms with Crippen LogP contribution in [0.1, 0.15) is 124 Å². The smallest absolute Gasteiger partial charge is 0.338 e. The molecule has 0 aromatic heterocycles. The number of phenolic OH excluding ortho intramolecular Hbond substituents is 2. The number of carbonyl (C=O) groups is 2. The van der Waals surface area contributed by atoms with Crippen LogP contribution in [0.5, 0.6) is 40.2 Å². The summed E-state index contributed by atoms with van der Waals surface area (Å²) in [5.41, 5.74) is 1.32. The minimum absolute atomic E-state index is 0.165. The van der Waals surface area contributed by atoms with Crippen molar-refractivity contribution < 1.29 is 48.2 Å². The van der Waals surface area contributed by atoms with Gasteiger partial charge in [-0.15, -0.1) is 0 Å². The highest BCUT2D eigenvalue weighted by Gasteiger charge is 2.36. The molecule has 0 amide bonds. The monoisotopic (exact) mass is 706 g/mol. The van der Waals surface area contributed by atoms with Crippen molar-refractivity contribution in [2.24, 2.45) is 0 Å². The first-order valence-electron chi connectivity index (χ1n) is 18.3. The van der Waals surface area contributed by atoms with E-state index in [-0.39, 0.29) is 17.7 Å². The molecule has 0 saturated heterocycles. The number of hydrogen-bond donors (Lipinski definition) is 2. The van der Waals surface area contributed by atoms with E-state index in [2.05, 4.69) is 6.92 Å². The number of unbranched alkanes of at least 4 members (excludes halogenated alkanes) is 12. The van der Waals surface area contributed by atoms with E-state index in [1.54, 1.807) is 6.07 Å². The number of rotatable bonds is 21. The zero-order valence-corrected chi connectivity index (χ0v) is 30.5. The summed E-state index contributed by atoms with van der Waals surface area (Å²) in [6.07, 6.45) is 14.3. The molecule has 0 spiro atoms. The first-order valence-corrected chi connectivity index (χ1v) is 18.3. The molecule has 51 heavy (non-hydrogen) atoms. The Morgan fingerprint density at radius 2 is 1.27 bits per heavy atom. The number of aromatic hydroxyl groups is 2. The zero-order valence-electron chi connectivity index (χ0n) is 30.5. The maximum absolute atomic E-state index is 13.5. The summed E-state index contributed by atoms with van der Waals surface area (Å²) in [4.78, 5) is 26.1. The molecule has 278 valence electrons. The minimum atomic E-state index is -0.904. The molecule has 1 aliphatic heterocycles. The van der Waals surface area contributed by atoms with Gasteiger partial charge in [0.1, 0.15) is 11.9 Å². The molecule has 2 atom stereocenters. The largest absolute Gasteiger partial charge is 0.504 e. The Labute approximate surface area is 302 Å². The summed E-state index contributed by atoms with van der Waals surface area (Å²) in [7, 11) is 4.37. The van der Waals surface area contributed by atoms with Crippen molar-refractivity contribution in [1.82, 2.24) is 0 Å². The van der Waals surface area contributed by atoms with Gasteiger partial charge in [-0.05, 0) is 42.3 Å². The van der Waals surface area contributed by atoms with E-state index in [0.29, 0.717) is 41.4 Å².